The summed E-state index contributed by atoms with van der Waals surface area (Å²) in [5.41, 5.74) is 5.70. The van der Waals surface area contributed by atoms with Crippen LogP contribution in [0.3, 0.4) is 0 Å². The highest BCUT2D eigenvalue weighted by atomic mass is 16.4. The molecular weight excluding hydrogens is 244 g/mol. The van der Waals surface area contributed by atoms with Gasteiger partial charge in [0.25, 0.3) is 0 Å². The first-order chi connectivity index (χ1) is 8.77. The van der Waals surface area contributed by atoms with Gasteiger partial charge in [0.1, 0.15) is 0 Å². The maximum atomic E-state index is 12.2. The van der Waals surface area contributed by atoms with Crippen LogP contribution in [0.2, 0.25) is 0 Å². The summed E-state index contributed by atoms with van der Waals surface area (Å²) < 4.78 is 0. The Labute approximate surface area is 116 Å². The number of nitrogens with zero attached hydrogens (tertiary/aromatic N) is 1. The first-order valence-electron chi connectivity index (χ1n) is 6.99. The highest BCUT2D eigenvalue weighted by molar-refractivity contribution is 5.77. The van der Waals surface area contributed by atoms with E-state index in [0.717, 1.165) is 6.42 Å². The molecule has 0 aliphatic heterocycles. The molecule has 1 amide bonds. The molecule has 3 N–H and O–H groups in total. The zero-order valence-corrected chi connectivity index (χ0v) is 12.6. The SMILES string of the molecule is CC(C)C[C@H](CN)CC(=O)N(CCC(=O)O)C(C)C. The van der Waals surface area contributed by atoms with Crippen molar-refractivity contribution in [2.24, 2.45) is 17.6 Å². The third kappa shape index (κ3) is 7.82. The van der Waals surface area contributed by atoms with Crippen molar-refractivity contribution in [3.8, 4) is 0 Å². The van der Waals surface area contributed by atoms with Crippen LogP contribution >= 0.6 is 0 Å². The number of hydrogen-bond donors (Lipinski definition) is 2. The van der Waals surface area contributed by atoms with Crippen molar-refractivity contribution in [3.05, 3.63) is 0 Å². The maximum absolute atomic E-state index is 12.2. The van der Waals surface area contributed by atoms with Gasteiger partial charge in [-0.3, -0.25) is 9.59 Å². The molecule has 0 fully saturated rings. The van der Waals surface area contributed by atoms with E-state index in [1.165, 1.54) is 0 Å². The fourth-order valence-corrected chi connectivity index (χ4v) is 2.18. The van der Waals surface area contributed by atoms with Gasteiger partial charge in [-0.05, 0) is 38.6 Å². The van der Waals surface area contributed by atoms with Crippen LogP contribution < -0.4 is 5.73 Å². The zero-order valence-electron chi connectivity index (χ0n) is 12.6. The van der Waals surface area contributed by atoms with Gasteiger partial charge in [-0.1, -0.05) is 13.8 Å². The van der Waals surface area contributed by atoms with Crippen molar-refractivity contribution >= 4 is 11.9 Å². The number of amides is 1. The Morgan fingerprint density at radius 2 is 1.79 bits per heavy atom. The number of carboxylic acid groups (broad SMARTS) is 1. The second kappa shape index (κ2) is 8.91. The topological polar surface area (TPSA) is 83.6 Å². The Morgan fingerprint density at radius 1 is 1.21 bits per heavy atom. The quantitative estimate of drug-likeness (QED) is 0.669. The molecule has 19 heavy (non-hydrogen) atoms. The van der Waals surface area contributed by atoms with Crippen molar-refractivity contribution in [2.45, 2.75) is 53.0 Å². The van der Waals surface area contributed by atoms with Gasteiger partial charge in [-0.2, -0.15) is 0 Å². The number of nitrogens with two attached hydrogens (primary N) is 1. The first-order valence-corrected chi connectivity index (χ1v) is 6.99. The van der Waals surface area contributed by atoms with Crippen molar-refractivity contribution in [3.63, 3.8) is 0 Å². The molecular formula is C14H28N2O3. The van der Waals surface area contributed by atoms with Gasteiger partial charge >= 0.3 is 5.97 Å². The van der Waals surface area contributed by atoms with Gasteiger partial charge in [0.05, 0.1) is 6.42 Å². The summed E-state index contributed by atoms with van der Waals surface area (Å²) in [6.45, 7) is 8.79. The molecule has 0 spiro atoms. The van der Waals surface area contributed by atoms with E-state index in [-0.39, 0.29) is 30.8 Å². The van der Waals surface area contributed by atoms with Gasteiger partial charge in [0, 0.05) is 19.0 Å². The van der Waals surface area contributed by atoms with E-state index >= 15 is 0 Å². The predicted molar refractivity (Wildman–Crippen MR) is 75.7 cm³/mol. The third-order valence-electron chi connectivity index (χ3n) is 3.11. The number of rotatable bonds is 9. The maximum Gasteiger partial charge on any atom is 0.305 e. The summed E-state index contributed by atoms with van der Waals surface area (Å²) in [7, 11) is 0. The van der Waals surface area contributed by atoms with E-state index in [1.807, 2.05) is 13.8 Å². The molecule has 0 aliphatic rings. The van der Waals surface area contributed by atoms with Crippen molar-refractivity contribution in [2.75, 3.05) is 13.1 Å². The molecule has 1 atom stereocenters. The molecule has 5 nitrogen and oxygen atoms in total. The second-order valence-electron chi connectivity index (χ2n) is 5.76. The Morgan fingerprint density at radius 3 is 2.16 bits per heavy atom. The van der Waals surface area contributed by atoms with E-state index in [0.29, 0.717) is 18.9 Å². The lowest BCUT2D eigenvalue weighted by molar-refractivity contribution is -0.139. The van der Waals surface area contributed by atoms with E-state index < -0.39 is 5.97 Å². The van der Waals surface area contributed by atoms with Crippen molar-refractivity contribution < 1.29 is 14.7 Å². The van der Waals surface area contributed by atoms with E-state index in [1.54, 1.807) is 4.90 Å². The molecule has 112 valence electrons. The number of aliphatic carboxylic acids is 1. The first kappa shape index (κ1) is 17.9. The molecule has 0 aromatic carbocycles. The number of carboxylic acids is 1. The van der Waals surface area contributed by atoms with Gasteiger partial charge in [0.15, 0.2) is 0 Å². The van der Waals surface area contributed by atoms with Crippen LogP contribution in [0.4, 0.5) is 0 Å². The van der Waals surface area contributed by atoms with Crippen LogP contribution in [0.1, 0.15) is 47.0 Å². The fourth-order valence-electron chi connectivity index (χ4n) is 2.18. The largest absolute Gasteiger partial charge is 0.481 e. The lowest BCUT2D eigenvalue weighted by Crippen LogP contribution is -2.40. The molecule has 0 aromatic heterocycles. The lowest BCUT2D eigenvalue weighted by atomic mass is 9.93. The van der Waals surface area contributed by atoms with E-state index in [4.69, 9.17) is 10.8 Å². The molecule has 0 aromatic rings. The zero-order chi connectivity index (χ0) is 15.0. The lowest BCUT2D eigenvalue weighted by Gasteiger charge is -2.28. The van der Waals surface area contributed by atoms with Gasteiger partial charge in [0.2, 0.25) is 5.91 Å². The minimum absolute atomic E-state index is 0.00681. The number of hydrogen-bond acceptors (Lipinski definition) is 3. The molecule has 5 heteroatoms. The van der Waals surface area contributed by atoms with Crippen LogP contribution in [-0.2, 0) is 9.59 Å². The summed E-state index contributed by atoms with van der Waals surface area (Å²) in [4.78, 5) is 24.5. The van der Waals surface area contributed by atoms with Crippen LogP contribution in [0, 0.1) is 11.8 Å². The van der Waals surface area contributed by atoms with Gasteiger partial charge in [-0.15, -0.1) is 0 Å². The highest BCUT2D eigenvalue weighted by Gasteiger charge is 2.21. The Hall–Kier alpha value is -1.10. The third-order valence-corrected chi connectivity index (χ3v) is 3.11. The summed E-state index contributed by atoms with van der Waals surface area (Å²) >= 11 is 0. The van der Waals surface area contributed by atoms with E-state index in [2.05, 4.69) is 13.8 Å². The summed E-state index contributed by atoms with van der Waals surface area (Å²) in [5.74, 6) is -0.185. The molecule has 0 unspecified atom stereocenters. The summed E-state index contributed by atoms with van der Waals surface area (Å²) in [6, 6.07) is 0.0179. The molecule has 0 aliphatic carbocycles. The summed E-state index contributed by atoms with van der Waals surface area (Å²) in [6.07, 6.45) is 1.32. The highest BCUT2D eigenvalue weighted by Crippen LogP contribution is 2.16. The Balaban J connectivity index is 4.49. The molecule has 0 saturated heterocycles. The molecule has 0 heterocycles. The Kier molecular flexibility index (Phi) is 8.39. The number of carbonyl (C=O) groups excluding carboxylic acids is 1. The van der Waals surface area contributed by atoms with Crippen molar-refractivity contribution in [1.29, 1.82) is 0 Å². The second-order valence-corrected chi connectivity index (χ2v) is 5.76. The van der Waals surface area contributed by atoms with Crippen molar-refractivity contribution in [1.82, 2.24) is 4.90 Å². The van der Waals surface area contributed by atoms with Crippen LogP contribution in [0.15, 0.2) is 0 Å². The molecule has 0 bridgehead atoms. The Bertz CT molecular complexity index is 290. The normalized spacial score (nSPS) is 12.8. The van der Waals surface area contributed by atoms with E-state index in [9.17, 15) is 9.59 Å². The predicted octanol–water partition coefficient (Wildman–Crippen LogP) is 1.71. The van der Waals surface area contributed by atoms with Crippen LogP contribution in [-0.4, -0.2) is 41.0 Å². The molecule has 0 radical (unpaired) electrons. The van der Waals surface area contributed by atoms with Gasteiger partial charge in [-0.25, -0.2) is 0 Å². The fraction of sp³-hybridized carbons (Fsp3) is 0.857. The standard InChI is InChI=1S/C14H28N2O3/c1-10(2)7-12(9-15)8-13(17)16(11(3)4)6-5-14(18)19/h10-12H,5-9,15H2,1-4H3,(H,18,19)/t12-/m0/s1. The molecule has 0 saturated carbocycles. The average Bonchev–Trinajstić information content (AvgIpc) is 2.26. The number of carbonyl (C=O) groups is 2. The molecule has 0 rings (SSSR count). The van der Waals surface area contributed by atoms with Crippen LogP contribution in [0.5, 0.6) is 0 Å². The smallest absolute Gasteiger partial charge is 0.305 e. The van der Waals surface area contributed by atoms with Crippen LogP contribution in [0.25, 0.3) is 0 Å². The minimum Gasteiger partial charge on any atom is -0.481 e. The minimum atomic E-state index is -0.879. The monoisotopic (exact) mass is 272 g/mol. The summed E-state index contributed by atoms with van der Waals surface area (Å²) in [5, 5.41) is 8.71. The average molecular weight is 272 g/mol. The van der Waals surface area contributed by atoms with Gasteiger partial charge < -0.3 is 15.7 Å².